The second-order valence-corrected chi connectivity index (χ2v) is 8.17. The van der Waals surface area contributed by atoms with Crippen molar-refractivity contribution in [1.29, 1.82) is 5.41 Å². The molecule has 30 heavy (non-hydrogen) atoms. The van der Waals surface area contributed by atoms with Crippen LogP contribution in [0.5, 0.6) is 0 Å². The molecule has 0 aliphatic carbocycles. The first-order chi connectivity index (χ1) is 14.2. The van der Waals surface area contributed by atoms with Crippen molar-refractivity contribution in [2.75, 3.05) is 5.32 Å². The summed E-state index contributed by atoms with van der Waals surface area (Å²) >= 11 is 1.49. The Morgan fingerprint density at radius 1 is 1.27 bits per heavy atom. The Hall–Kier alpha value is -3.17. The minimum Gasteiger partial charge on any atom is -0.306 e. The number of aromatic nitrogens is 2. The Labute approximate surface area is 178 Å². The van der Waals surface area contributed by atoms with Gasteiger partial charge in [0.15, 0.2) is 5.84 Å². The van der Waals surface area contributed by atoms with Crippen molar-refractivity contribution in [3.8, 4) is 11.3 Å². The van der Waals surface area contributed by atoms with E-state index in [-0.39, 0.29) is 23.3 Å². The second kappa shape index (κ2) is 8.68. The van der Waals surface area contributed by atoms with Crippen molar-refractivity contribution in [1.82, 2.24) is 15.0 Å². The van der Waals surface area contributed by atoms with Crippen molar-refractivity contribution in [3.05, 3.63) is 63.4 Å². The quantitative estimate of drug-likeness (QED) is 0.246. The minimum atomic E-state index is -0.634. The fraction of sp³-hybridized carbons (Fsp3) is 0.238. The molecule has 0 spiro atoms. The molecule has 9 heteroatoms. The number of halogens is 1. The van der Waals surface area contributed by atoms with Gasteiger partial charge in [0.05, 0.1) is 16.3 Å². The number of hydrogen-bond acceptors (Lipinski definition) is 6. The highest BCUT2D eigenvalue weighted by molar-refractivity contribution is 7.09. The number of carbonyl (C=O) groups is 1. The Morgan fingerprint density at radius 2 is 2.00 bits per heavy atom. The molecule has 3 rings (SSSR count). The first kappa shape index (κ1) is 21.5. The van der Waals surface area contributed by atoms with Crippen LogP contribution in [0.2, 0.25) is 0 Å². The lowest BCUT2D eigenvalue weighted by Gasteiger charge is -2.23. The first-order valence-electron chi connectivity index (χ1n) is 9.31. The molecule has 2 aromatic heterocycles. The van der Waals surface area contributed by atoms with Crippen molar-refractivity contribution in [2.45, 2.75) is 33.7 Å². The van der Waals surface area contributed by atoms with Crippen LogP contribution in [0.15, 0.2) is 35.7 Å². The van der Waals surface area contributed by atoms with E-state index in [1.807, 2.05) is 26.2 Å². The van der Waals surface area contributed by atoms with Crippen molar-refractivity contribution in [3.63, 3.8) is 0 Å². The Balaban J connectivity index is 1.88. The summed E-state index contributed by atoms with van der Waals surface area (Å²) in [6.45, 7) is 7.36. The molecule has 1 amide bonds. The molecule has 0 saturated carbocycles. The molecule has 156 valence electrons. The van der Waals surface area contributed by atoms with Gasteiger partial charge in [-0.2, -0.15) is 0 Å². The molecular formula is C21H23FN6OS. The van der Waals surface area contributed by atoms with Crippen LogP contribution in [0.1, 0.15) is 40.5 Å². The predicted molar refractivity (Wildman–Crippen MR) is 117 cm³/mol. The summed E-state index contributed by atoms with van der Waals surface area (Å²) in [4.78, 5) is 21.5. The molecule has 0 aliphatic rings. The van der Waals surface area contributed by atoms with Gasteiger partial charge < -0.3 is 5.32 Å². The van der Waals surface area contributed by atoms with Gasteiger partial charge in [0.1, 0.15) is 17.3 Å². The van der Waals surface area contributed by atoms with E-state index in [0.717, 1.165) is 5.01 Å². The predicted octanol–water partition coefficient (Wildman–Crippen LogP) is 4.12. The van der Waals surface area contributed by atoms with Gasteiger partial charge in [-0.3, -0.25) is 15.2 Å². The van der Waals surface area contributed by atoms with Crippen molar-refractivity contribution < 1.29 is 9.18 Å². The average molecular weight is 427 g/mol. The summed E-state index contributed by atoms with van der Waals surface area (Å²) in [6.07, 6.45) is 0. The lowest BCUT2D eigenvalue weighted by molar-refractivity contribution is 0.102. The molecule has 0 atom stereocenters. The third-order valence-electron chi connectivity index (χ3n) is 4.50. The van der Waals surface area contributed by atoms with Crippen LogP contribution in [-0.2, 0) is 0 Å². The second-order valence-electron chi connectivity index (χ2n) is 7.11. The number of pyridine rings is 1. The summed E-state index contributed by atoms with van der Waals surface area (Å²) in [7, 11) is 0. The molecule has 0 saturated heterocycles. The van der Waals surface area contributed by atoms with Crippen LogP contribution in [0, 0.1) is 25.1 Å². The van der Waals surface area contributed by atoms with Crippen LogP contribution in [-0.4, -0.2) is 32.8 Å². The summed E-state index contributed by atoms with van der Waals surface area (Å²) in [5.74, 6) is 4.82. The highest BCUT2D eigenvalue weighted by Crippen LogP contribution is 2.28. The van der Waals surface area contributed by atoms with E-state index >= 15 is 0 Å². The summed E-state index contributed by atoms with van der Waals surface area (Å²) in [5.41, 5.74) is 2.29. The molecule has 0 bridgehead atoms. The van der Waals surface area contributed by atoms with Crippen LogP contribution in [0.4, 0.5) is 10.2 Å². The lowest BCUT2D eigenvalue weighted by atomic mass is 10.0. The van der Waals surface area contributed by atoms with Gasteiger partial charge in [-0.25, -0.2) is 20.2 Å². The normalized spacial score (nSPS) is 10.9. The molecular weight excluding hydrogens is 403 g/mol. The maximum atomic E-state index is 14.6. The van der Waals surface area contributed by atoms with Gasteiger partial charge in [-0.1, -0.05) is 6.07 Å². The van der Waals surface area contributed by atoms with Gasteiger partial charge in [-0.05, 0) is 57.5 Å². The van der Waals surface area contributed by atoms with Crippen LogP contribution < -0.4 is 11.2 Å². The molecule has 4 N–H and O–H groups in total. The Kier molecular flexibility index (Phi) is 6.23. The molecule has 2 heterocycles. The number of carbonyl (C=O) groups excluding carboxylic acids is 1. The van der Waals surface area contributed by atoms with E-state index in [1.165, 1.54) is 28.5 Å². The molecule has 7 nitrogen and oxygen atoms in total. The van der Waals surface area contributed by atoms with E-state index in [4.69, 9.17) is 11.3 Å². The van der Waals surface area contributed by atoms with Crippen LogP contribution in [0.25, 0.3) is 11.3 Å². The highest BCUT2D eigenvalue weighted by Gasteiger charge is 2.18. The van der Waals surface area contributed by atoms with E-state index in [0.29, 0.717) is 22.5 Å². The van der Waals surface area contributed by atoms with E-state index < -0.39 is 11.7 Å². The van der Waals surface area contributed by atoms with Gasteiger partial charge in [-0.15, -0.1) is 11.3 Å². The summed E-state index contributed by atoms with van der Waals surface area (Å²) in [6, 6.07) is 7.58. The maximum Gasteiger partial charge on any atom is 0.259 e. The number of nitrogens with one attached hydrogen (secondary N) is 2. The van der Waals surface area contributed by atoms with E-state index in [2.05, 4.69) is 15.3 Å². The number of amidine groups is 1. The molecule has 1 aromatic carbocycles. The fourth-order valence-electron chi connectivity index (χ4n) is 2.82. The zero-order valence-corrected chi connectivity index (χ0v) is 18.0. The monoisotopic (exact) mass is 426 g/mol. The largest absolute Gasteiger partial charge is 0.306 e. The minimum absolute atomic E-state index is 0.0174. The number of nitrogens with zero attached hydrogens (tertiary/aromatic N) is 3. The van der Waals surface area contributed by atoms with Gasteiger partial charge in [0, 0.05) is 17.0 Å². The van der Waals surface area contributed by atoms with Gasteiger partial charge in [0.25, 0.3) is 5.91 Å². The molecule has 3 aromatic rings. The van der Waals surface area contributed by atoms with E-state index in [1.54, 1.807) is 25.1 Å². The van der Waals surface area contributed by atoms with Gasteiger partial charge >= 0.3 is 0 Å². The standard InChI is InChI=1S/C21H23FN6OS/c1-11(2)28(24)20(23)17-6-5-7-19(26-17)27-21(29)15-9-14(12(3)8-16(15)22)18-10-30-13(4)25-18/h5-11,23H,24H2,1-4H3,(H,26,27,29). The number of anilines is 1. The maximum absolute atomic E-state index is 14.6. The number of benzene rings is 1. The summed E-state index contributed by atoms with van der Waals surface area (Å²) < 4.78 is 14.6. The smallest absolute Gasteiger partial charge is 0.259 e. The zero-order valence-electron chi connectivity index (χ0n) is 17.2. The number of thiazole rings is 1. The number of rotatable bonds is 5. The SMILES string of the molecule is Cc1nc(-c2cc(C(=O)Nc3cccc(C(=N)N(N)C(C)C)n3)c(F)cc2C)cs1. The molecule has 0 aliphatic heterocycles. The highest BCUT2D eigenvalue weighted by atomic mass is 32.1. The zero-order chi connectivity index (χ0) is 22.0. The molecule has 0 radical (unpaired) electrons. The number of hydrazine groups is 1. The third kappa shape index (κ3) is 4.52. The van der Waals surface area contributed by atoms with Crippen LogP contribution >= 0.6 is 11.3 Å². The first-order valence-corrected chi connectivity index (χ1v) is 10.2. The summed E-state index contributed by atoms with van der Waals surface area (Å²) in [5, 5.41) is 14.8. The third-order valence-corrected chi connectivity index (χ3v) is 5.27. The fourth-order valence-corrected chi connectivity index (χ4v) is 3.43. The number of nitrogens with two attached hydrogens (primary N) is 1. The number of aryl methyl sites for hydroxylation is 2. The average Bonchev–Trinajstić information content (AvgIpc) is 3.12. The Morgan fingerprint density at radius 3 is 2.63 bits per heavy atom. The van der Waals surface area contributed by atoms with Crippen molar-refractivity contribution in [2.24, 2.45) is 5.84 Å². The number of hydrogen-bond donors (Lipinski definition) is 3. The number of amides is 1. The van der Waals surface area contributed by atoms with Crippen LogP contribution in [0.3, 0.4) is 0 Å². The van der Waals surface area contributed by atoms with E-state index in [9.17, 15) is 9.18 Å². The molecule has 0 fully saturated rings. The molecule has 0 unspecified atom stereocenters. The Bertz CT molecular complexity index is 1110. The lowest BCUT2D eigenvalue weighted by Crippen LogP contribution is -2.43. The topological polar surface area (TPSA) is 108 Å². The van der Waals surface area contributed by atoms with Gasteiger partial charge in [0.2, 0.25) is 0 Å². The van der Waals surface area contributed by atoms with Crippen molar-refractivity contribution >= 4 is 28.9 Å².